The van der Waals surface area contributed by atoms with Crippen LogP contribution in [0.15, 0.2) is 36.5 Å². The van der Waals surface area contributed by atoms with E-state index >= 15 is 0 Å². The van der Waals surface area contributed by atoms with Crippen LogP contribution in [0.1, 0.15) is 12.0 Å². The first kappa shape index (κ1) is 9.00. The quantitative estimate of drug-likeness (QED) is 0.705. The number of hydrogen-bond donors (Lipinski definition) is 0. The molecule has 0 N–H and O–H groups in total. The van der Waals surface area contributed by atoms with Gasteiger partial charge in [-0.2, -0.15) is 0 Å². The molecule has 0 saturated carbocycles. The summed E-state index contributed by atoms with van der Waals surface area (Å²) < 4.78 is 0. The summed E-state index contributed by atoms with van der Waals surface area (Å²) in [6.07, 6.45) is 4.73. The lowest BCUT2D eigenvalue weighted by Gasteiger charge is -2.08. The molecule has 14 heavy (non-hydrogen) atoms. The fraction of sp³-hybridized carbons (Fsp3) is 0.250. The number of nitrogens with zero attached hydrogens (tertiary/aromatic N) is 1. The predicted molar refractivity (Wildman–Crippen MR) is 56.7 cm³/mol. The molecule has 2 nitrogen and oxygen atoms in total. The van der Waals surface area contributed by atoms with E-state index in [0.717, 1.165) is 6.54 Å². The zero-order valence-electron chi connectivity index (χ0n) is 8.02. The van der Waals surface area contributed by atoms with Crippen molar-refractivity contribution in [2.45, 2.75) is 6.42 Å². The normalized spacial score (nSPS) is 16.9. The molecular formula is C12H13NO. The second kappa shape index (κ2) is 4.09. The van der Waals surface area contributed by atoms with Crippen LogP contribution in [0.25, 0.3) is 6.08 Å². The van der Waals surface area contributed by atoms with Crippen molar-refractivity contribution < 1.29 is 4.79 Å². The molecule has 2 rings (SSSR count). The molecule has 1 aliphatic rings. The molecule has 0 radical (unpaired) electrons. The summed E-state index contributed by atoms with van der Waals surface area (Å²) in [6.45, 7) is 1.44. The average Bonchev–Trinajstić information content (AvgIpc) is 2.63. The van der Waals surface area contributed by atoms with E-state index < -0.39 is 0 Å². The highest BCUT2D eigenvalue weighted by Gasteiger charge is 2.15. The fourth-order valence-corrected chi connectivity index (χ4v) is 1.54. The first-order chi connectivity index (χ1) is 6.84. The molecule has 0 amide bonds. The van der Waals surface area contributed by atoms with Crippen LogP contribution in [0.3, 0.4) is 0 Å². The van der Waals surface area contributed by atoms with Crippen molar-refractivity contribution >= 4 is 11.9 Å². The Morgan fingerprint density at radius 3 is 2.64 bits per heavy atom. The molecule has 0 aromatic heterocycles. The molecule has 2 heteroatoms. The van der Waals surface area contributed by atoms with Gasteiger partial charge in [-0.15, -0.1) is 0 Å². The molecule has 0 spiro atoms. The van der Waals surface area contributed by atoms with E-state index in [0.29, 0.717) is 18.7 Å². The van der Waals surface area contributed by atoms with Gasteiger partial charge in [0.1, 0.15) is 0 Å². The van der Waals surface area contributed by atoms with E-state index in [1.165, 1.54) is 5.56 Å². The second-order valence-corrected chi connectivity index (χ2v) is 3.49. The zero-order valence-corrected chi connectivity index (χ0v) is 8.02. The highest BCUT2D eigenvalue weighted by molar-refractivity contribution is 5.82. The van der Waals surface area contributed by atoms with Crippen molar-refractivity contribution in [1.29, 1.82) is 0 Å². The van der Waals surface area contributed by atoms with Crippen LogP contribution in [0.4, 0.5) is 0 Å². The van der Waals surface area contributed by atoms with Crippen molar-refractivity contribution in [2.24, 2.45) is 0 Å². The first-order valence-electron chi connectivity index (χ1n) is 4.83. The van der Waals surface area contributed by atoms with Crippen LogP contribution in [0.2, 0.25) is 0 Å². The lowest BCUT2D eigenvalue weighted by molar-refractivity contribution is -0.116. The highest BCUT2D eigenvalue weighted by Crippen LogP contribution is 2.07. The van der Waals surface area contributed by atoms with Gasteiger partial charge in [0.15, 0.2) is 5.78 Å². The van der Waals surface area contributed by atoms with Gasteiger partial charge >= 0.3 is 0 Å². The van der Waals surface area contributed by atoms with Gasteiger partial charge in [-0.3, -0.25) is 4.79 Å². The SMILES string of the molecule is O=C1CCN(C=Cc2ccccc2)C1. The largest absolute Gasteiger partial charge is 0.370 e. The van der Waals surface area contributed by atoms with Crippen molar-refractivity contribution in [3.05, 3.63) is 42.1 Å². The Labute approximate surface area is 83.8 Å². The van der Waals surface area contributed by atoms with Gasteiger partial charge in [0.25, 0.3) is 0 Å². The Balaban J connectivity index is 1.97. The predicted octanol–water partition coefficient (Wildman–Crippen LogP) is 1.93. The Morgan fingerprint density at radius 1 is 1.21 bits per heavy atom. The number of likely N-dealkylation sites (tertiary alicyclic amines) is 1. The molecule has 1 aromatic carbocycles. The number of benzene rings is 1. The molecule has 1 aromatic rings. The van der Waals surface area contributed by atoms with Gasteiger partial charge in [0, 0.05) is 19.2 Å². The smallest absolute Gasteiger partial charge is 0.153 e. The minimum absolute atomic E-state index is 0.336. The van der Waals surface area contributed by atoms with Crippen molar-refractivity contribution in [1.82, 2.24) is 4.90 Å². The number of hydrogen-bond acceptors (Lipinski definition) is 2. The summed E-state index contributed by atoms with van der Waals surface area (Å²) >= 11 is 0. The summed E-state index contributed by atoms with van der Waals surface area (Å²) in [5, 5.41) is 0. The Kier molecular flexibility index (Phi) is 2.63. The van der Waals surface area contributed by atoms with E-state index in [2.05, 4.69) is 4.90 Å². The maximum Gasteiger partial charge on any atom is 0.153 e. The summed E-state index contributed by atoms with van der Waals surface area (Å²) in [5.41, 5.74) is 1.17. The van der Waals surface area contributed by atoms with Crippen molar-refractivity contribution in [2.75, 3.05) is 13.1 Å². The van der Waals surface area contributed by atoms with Crippen LogP contribution in [-0.2, 0) is 4.79 Å². The summed E-state index contributed by atoms with van der Waals surface area (Å²) in [6, 6.07) is 10.1. The van der Waals surface area contributed by atoms with Crippen molar-refractivity contribution in [3.63, 3.8) is 0 Å². The highest BCUT2D eigenvalue weighted by atomic mass is 16.1. The molecule has 1 fully saturated rings. The minimum Gasteiger partial charge on any atom is -0.370 e. The Morgan fingerprint density at radius 2 is 2.00 bits per heavy atom. The van der Waals surface area contributed by atoms with Gasteiger partial charge in [0.05, 0.1) is 6.54 Å². The molecule has 0 atom stereocenters. The molecular weight excluding hydrogens is 174 g/mol. The molecule has 72 valence electrons. The zero-order chi connectivity index (χ0) is 9.80. The van der Waals surface area contributed by atoms with Crippen LogP contribution >= 0.6 is 0 Å². The lowest BCUT2D eigenvalue weighted by atomic mass is 10.2. The molecule has 0 aliphatic carbocycles. The van der Waals surface area contributed by atoms with Crippen molar-refractivity contribution in [3.8, 4) is 0 Å². The first-order valence-corrected chi connectivity index (χ1v) is 4.83. The van der Waals surface area contributed by atoms with E-state index in [-0.39, 0.29) is 0 Å². The fourth-order valence-electron chi connectivity index (χ4n) is 1.54. The topological polar surface area (TPSA) is 20.3 Å². The summed E-state index contributed by atoms with van der Waals surface area (Å²) in [5.74, 6) is 0.336. The molecule has 0 bridgehead atoms. The van der Waals surface area contributed by atoms with Crippen LogP contribution in [-0.4, -0.2) is 23.8 Å². The van der Waals surface area contributed by atoms with E-state index in [1.807, 2.05) is 42.6 Å². The van der Waals surface area contributed by atoms with Gasteiger partial charge in [-0.05, 0) is 11.6 Å². The Hall–Kier alpha value is -1.57. The molecule has 1 heterocycles. The monoisotopic (exact) mass is 187 g/mol. The standard InChI is InChI=1S/C12H13NO/c14-12-7-9-13(10-12)8-6-11-4-2-1-3-5-11/h1-6,8H,7,9-10H2. The number of carbonyl (C=O) groups is 1. The lowest BCUT2D eigenvalue weighted by Crippen LogP contribution is -2.12. The van der Waals surface area contributed by atoms with E-state index in [1.54, 1.807) is 0 Å². The molecule has 1 saturated heterocycles. The van der Waals surface area contributed by atoms with E-state index in [9.17, 15) is 4.79 Å². The number of Topliss-reactive ketones (excluding diaryl/α,β-unsaturated/α-hetero) is 1. The molecule has 1 aliphatic heterocycles. The van der Waals surface area contributed by atoms with Gasteiger partial charge in [0.2, 0.25) is 0 Å². The van der Waals surface area contributed by atoms with Gasteiger partial charge in [-0.1, -0.05) is 30.3 Å². The Bertz CT molecular complexity index is 343. The van der Waals surface area contributed by atoms with Gasteiger partial charge in [-0.25, -0.2) is 0 Å². The number of ketones is 1. The van der Waals surface area contributed by atoms with Crippen LogP contribution < -0.4 is 0 Å². The third kappa shape index (κ3) is 2.22. The van der Waals surface area contributed by atoms with E-state index in [4.69, 9.17) is 0 Å². The number of carbonyl (C=O) groups excluding carboxylic acids is 1. The summed E-state index contributed by atoms with van der Waals surface area (Å²) in [7, 11) is 0. The number of rotatable bonds is 2. The van der Waals surface area contributed by atoms with Crippen LogP contribution in [0.5, 0.6) is 0 Å². The summed E-state index contributed by atoms with van der Waals surface area (Å²) in [4.78, 5) is 13.0. The maximum atomic E-state index is 11.0. The third-order valence-corrected chi connectivity index (χ3v) is 2.33. The maximum absolute atomic E-state index is 11.0. The van der Waals surface area contributed by atoms with Crippen LogP contribution in [0, 0.1) is 0 Å². The molecule has 0 unspecified atom stereocenters. The second-order valence-electron chi connectivity index (χ2n) is 3.49. The van der Waals surface area contributed by atoms with Gasteiger partial charge < -0.3 is 4.90 Å². The average molecular weight is 187 g/mol. The minimum atomic E-state index is 0.336. The third-order valence-electron chi connectivity index (χ3n) is 2.33.